The number of hydrogen-bond acceptors (Lipinski definition) is 4. The highest BCUT2D eigenvalue weighted by Gasteiger charge is 2.39. The van der Waals surface area contributed by atoms with Crippen LogP contribution in [0.1, 0.15) is 32.4 Å². The lowest BCUT2D eigenvalue weighted by Crippen LogP contribution is -2.27. The van der Waals surface area contributed by atoms with Crippen molar-refractivity contribution in [2.24, 2.45) is 0 Å². The Morgan fingerprint density at radius 3 is 2.29 bits per heavy atom. The lowest BCUT2D eigenvalue weighted by atomic mass is 10.1. The van der Waals surface area contributed by atoms with Gasteiger partial charge in [0.15, 0.2) is 6.10 Å². The molecule has 0 spiro atoms. The van der Waals surface area contributed by atoms with Crippen LogP contribution in [0.25, 0.3) is 0 Å². The quantitative estimate of drug-likeness (QED) is 0.732. The summed E-state index contributed by atoms with van der Waals surface area (Å²) >= 11 is 0. The summed E-state index contributed by atoms with van der Waals surface area (Å²) in [6.45, 7) is 4.90. The van der Waals surface area contributed by atoms with E-state index in [9.17, 15) is 23.1 Å². The number of aliphatic hydroxyl groups is 1. The number of aromatic hydroxyl groups is 1. The van der Waals surface area contributed by atoms with Crippen LogP contribution in [0, 0.1) is 0 Å². The van der Waals surface area contributed by atoms with Gasteiger partial charge in [0.05, 0.1) is 5.69 Å². The number of phenolic OH excluding ortho intramolecular Hbond substituents is 1. The molecule has 0 aromatic heterocycles. The van der Waals surface area contributed by atoms with E-state index >= 15 is 0 Å². The number of carbonyl (C=O) groups excluding carboxylic acids is 1. The Bertz CT molecular complexity index is 523. The molecule has 3 N–H and O–H groups in total. The fraction of sp³-hybridized carbons (Fsp3) is 0.462. The number of hydrogen-bond donors (Lipinski definition) is 3. The van der Waals surface area contributed by atoms with Crippen molar-refractivity contribution in [1.29, 1.82) is 0 Å². The summed E-state index contributed by atoms with van der Waals surface area (Å²) in [7, 11) is 0. The standard InChI is InChI=1S/C13H16F3NO4/c1-12(2,3)21-11(20)17-8-5-4-7(6-9(8)18)10(19)13(14,15)16/h4-6,10,18-19H,1-3H3,(H,17,20). The lowest BCUT2D eigenvalue weighted by molar-refractivity contribution is -0.206. The Morgan fingerprint density at radius 1 is 1.29 bits per heavy atom. The predicted octanol–water partition coefficient (Wildman–Crippen LogP) is 3.33. The van der Waals surface area contributed by atoms with Crippen LogP contribution in [0.2, 0.25) is 0 Å². The minimum absolute atomic E-state index is 0.123. The molecule has 1 atom stereocenters. The summed E-state index contributed by atoms with van der Waals surface area (Å²) < 4.78 is 42.0. The molecule has 8 heteroatoms. The molecule has 0 fully saturated rings. The van der Waals surface area contributed by atoms with Crippen molar-refractivity contribution in [3.05, 3.63) is 23.8 Å². The van der Waals surface area contributed by atoms with Gasteiger partial charge in [0, 0.05) is 0 Å². The molecule has 0 aliphatic heterocycles. The summed E-state index contributed by atoms with van der Waals surface area (Å²) in [5.41, 5.74) is -1.41. The molecule has 0 aliphatic rings. The van der Waals surface area contributed by atoms with Crippen LogP contribution in [0.4, 0.5) is 23.7 Å². The molecule has 1 unspecified atom stereocenters. The molecule has 0 bridgehead atoms. The number of phenols is 1. The van der Waals surface area contributed by atoms with Gasteiger partial charge in [0.25, 0.3) is 0 Å². The average molecular weight is 307 g/mol. The maximum atomic E-state index is 12.3. The van der Waals surface area contributed by atoms with Crippen molar-refractivity contribution in [3.8, 4) is 5.75 Å². The first-order valence-corrected chi connectivity index (χ1v) is 5.98. The first-order chi connectivity index (χ1) is 9.40. The van der Waals surface area contributed by atoms with Gasteiger partial charge in [0.2, 0.25) is 0 Å². The number of amides is 1. The SMILES string of the molecule is CC(C)(C)OC(=O)Nc1ccc(C(O)C(F)(F)F)cc1O. The molecule has 5 nitrogen and oxygen atoms in total. The Hall–Kier alpha value is -1.96. The Labute approximate surface area is 119 Å². The molecule has 0 aliphatic carbocycles. The van der Waals surface area contributed by atoms with Gasteiger partial charge in [-0.15, -0.1) is 0 Å². The number of rotatable bonds is 2. The summed E-state index contributed by atoms with van der Waals surface area (Å²) in [6, 6.07) is 2.72. The molecular weight excluding hydrogens is 291 g/mol. The molecule has 0 heterocycles. The second-order valence-corrected chi connectivity index (χ2v) is 5.35. The fourth-order valence-corrected chi connectivity index (χ4v) is 1.43. The van der Waals surface area contributed by atoms with Crippen molar-refractivity contribution in [2.45, 2.75) is 38.7 Å². The van der Waals surface area contributed by atoms with Gasteiger partial charge >= 0.3 is 12.3 Å². The van der Waals surface area contributed by atoms with Gasteiger partial charge in [-0.25, -0.2) is 4.79 Å². The molecule has 0 saturated carbocycles. The van der Waals surface area contributed by atoms with Gasteiger partial charge in [-0.3, -0.25) is 5.32 Å². The van der Waals surface area contributed by atoms with Crippen molar-refractivity contribution in [2.75, 3.05) is 5.32 Å². The Balaban J connectivity index is 2.87. The number of alkyl halides is 3. The number of ether oxygens (including phenoxy) is 1. The number of halogens is 3. The highest BCUT2D eigenvalue weighted by Crippen LogP contribution is 2.35. The van der Waals surface area contributed by atoms with E-state index in [4.69, 9.17) is 9.84 Å². The van der Waals surface area contributed by atoms with Crippen LogP contribution < -0.4 is 5.32 Å². The zero-order valence-corrected chi connectivity index (χ0v) is 11.7. The van der Waals surface area contributed by atoms with Gasteiger partial charge in [-0.2, -0.15) is 13.2 Å². The van der Waals surface area contributed by atoms with Crippen LogP contribution in [0.15, 0.2) is 18.2 Å². The number of anilines is 1. The monoisotopic (exact) mass is 307 g/mol. The molecule has 1 amide bonds. The molecule has 0 saturated heterocycles. The van der Waals surface area contributed by atoms with E-state index in [1.54, 1.807) is 20.8 Å². The van der Waals surface area contributed by atoms with E-state index in [0.29, 0.717) is 0 Å². The van der Waals surface area contributed by atoms with Crippen molar-refractivity contribution >= 4 is 11.8 Å². The molecule has 118 valence electrons. The zero-order chi connectivity index (χ0) is 16.4. The average Bonchev–Trinajstić information content (AvgIpc) is 2.27. The lowest BCUT2D eigenvalue weighted by Gasteiger charge is -2.20. The van der Waals surface area contributed by atoms with Crippen LogP contribution in [0.3, 0.4) is 0 Å². The topological polar surface area (TPSA) is 78.8 Å². The summed E-state index contributed by atoms with van der Waals surface area (Å²) in [5, 5.41) is 20.9. The summed E-state index contributed by atoms with van der Waals surface area (Å²) in [5.74, 6) is -0.610. The first-order valence-electron chi connectivity index (χ1n) is 5.98. The number of carbonyl (C=O) groups is 1. The first kappa shape index (κ1) is 17.1. The van der Waals surface area contributed by atoms with Crippen molar-refractivity contribution < 1.29 is 32.9 Å². The minimum Gasteiger partial charge on any atom is -0.506 e. The van der Waals surface area contributed by atoms with Gasteiger partial charge in [-0.05, 0) is 38.5 Å². The van der Waals surface area contributed by atoms with Gasteiger partial charge in [0.1, 0.15) is 11.4 Å². The summed E-state index contributed by atoms with van der Waals surface area (Å²) in [4.78, 5) is 11.5. The second kappa shape index (κ2) is 5.80. The Morgan fingerprint density at radius 2 is 1.86 bits per heavy atom. The van der Waals surface area contributed by atoms with Crippen LogP contribution in [-0.2, 0) is 4.74 Å². The second-order valence-electron chi connectivity index (χ2n) is 5.35. The Kier molecular flexibility index (Phi) is 4.72. The van der Waals surface area contributed by atoms with E-state index < -0.39 is 35.3 Å². The number of aliphatic hydroxyl groups excluding tert-OH is 1. The van der Waals surface area contributed by atoms with E-state index in [1.165, 1.54) is 0 Å². The fourth-order valence-electron chi connectivity index (χ4n) is 1.43. The third kappa shape index (κ3) is 5.14. The maximum Gasteiger partial charge on any atom is 0.418 e. The van der Waals surface area contributed by atoms with E-state index in [0.717, 1.165) is 18.2 Å². The van der Waals surface area contributed by atoms with Crippen LogP contribution >= 0.6 is 0 Å². The van der Waals surface area contributed by atoms with Crippen molar-refractivity contribution in [3.63, 3.8) is 0 Å². The molecule has 1 rings (SSSR count). The molecule has 0 radical (unpaired) electrons. The third-order valence-electron chi connectivity index (χ3n) is 2.28. The largest absolute Gasteiger partial charge is 0.506 e. The normalized spacial score (nSPS) is 13.7. The van der Waals surface area contributed by atoms with Crippen LogP contribution in [0.5, 0.6) is 5.75 Å². The number of nitrogens with one attached hydrogen (secondary N) is 1. The van der Waals surface area contributed by atoms with Crippen molar-refractivity contribution in [1.82, 2.24) is 0 Å². The molecule has 21 heavy (non-hydrogen) atoms. The molecule has 1 aromatic rings. The number of benzene rings is 1. The van der Waals surface area contributed by atoms with E-state index in [2.05, 4.69) is 5.32 Å². The minimum atomic E-state index is -4.84. The highest BCUT2D eigenvalue weighted by atomic mass is 19.4. The van der Waals surface area contributed by atoms with E-state index in [-0.39, 0.29) is 5.69 Å². The van der Waals surface area contributed by atoms with E-state index in [1.807, 2.05) is 0 Å². The smallest absolute Gasteiger partial charge is 0.418 e. The maximum absolute atomic E-state index is 12.3. The molecular formula is C13H16F3NO4. The third-order valence-corrected chi connectivity index (χ3v) is 2.28. The predicted molar refractivity (Wildman–Crippen MR) is 69.0 cm³/mol. The highest BCUT2D eigenvalue weighted by molar-refractivity contribution is 5.86. The zero-order valence-electron chi connectivity index (χ0n) is 11.7. The van der Waals surface area contributed by atoms with Gasteiger partial charge in [-0.1, -0.05) is 6.07 Å². The summed E-state index contributed by atoms with van der Waals surface area (Å²) in [6.07, 6.45) is -8.41. The van der Waals surface area contributed by atoms with Gasteiger partial charge < -0.3 is 14.9 Å². The molecule has 1 aromatic carbocycles. The van der Waals surface area contributed by atoms with Crippen LogP contribution in [-0.4, -0.2) is 28.1 Å².